The molecule has 0 saturated heterocycles. The van der Waals surface area contributed by atoms with Gasteiger partial charge < -0.3 is 10.5 Å². The van der Waals surface area contributed by atoms with Crippen LogP contribution in [0.5, 0.6) is 0 Å². The van der Waals surface area contributed by atoms with Gasteiger partial charge >= 0.3 is 5.69 Å². The number of methoxy groups -OCH3 is 1. The van der Waals surface area contributed by atoms with Crippen molar-refractivity contribution in [3.05, 3.63) is 32.2 Å². The van der Waals surface area contributed by atoms with Crippen molar-refractivity contribution in [2.24, 2.45) is 0 Å². The van der Waals surface area contributed by atoms with E-state index in [0.29, 0.717) is 17.4 Å². The number of H-pyrrole nitrogens is 2. The number of carbonyl (C=O) groups excluding carboxylic acids is 1. The topological polar surface area (TPSA) is 149 Å². The molecule has 0 bridgehead atoms. The molecule has 0 spiro atoms. The molecule has 0 aliphatic rings. The van der Waals surface area contributed by atoms with E-state index in [4.69, 9.17) is 10.5 Å². The van der Waals surface area contributed by atoms with Gasteiger partial charge in [0.1, 0.15) is 17.2 Å². The van der Waals surface area contributed by atoms with E-state index in [1.807, 2.05) is 6.92 Å². The molecule has 2 aromatic heterocycles. The van der Waals surface area contributed by atoms with E-state index in [1.165, 1.54) is 7.11 Å². The Morgan fingerprint density at radius 2 is 2.17 bits per heavy atom. The third kappa shape index (κ3) is 3.92. The lowest BCUT2D eigenvalue weighted by Crippen LogP contribution is -2.37. The fraction of sp³-hybridized carbons (Fsp3) is 0.462. The number of rotatable bonds is 8. The SMILES string of the molecule is CCc1nc(SCC(=O)c2c(N)n(CCOC)c(=O)[nH]c2=O)n[nH]1. The minimum Gasteiger partial charge on any atom is -0.384 e. The van der Waals surface area contributed by atoms with Crippen molar-refractivity contribution in [3.63, 3.8) is 0 Å². The Balaban J connectivity index is 2.21. The zero-order valence-electron chi connectivity index (χ0n) is 13.3. The largest absolute Gasteiger partial charge is 0.384 e. The molecule has 0 atom stereocenters. The monoisotopic (exact) mass is 354 g/mol. The van der Waals surface area contributed by atoms with Crippen LogP contribution in [-0.2, 0) is 17.7 Å². The Labute approximate surface area is 140 Å². The molecule has 0 amide bonds. The molecule has 130 valence electrons. The van der Waals surface area contributed by atoms with Crippen LogP contribution < -0.4 is 17.0 Å². The summed E-state index contributed by atoms with van der Waals surface area (Å²) in [5.74, 6) is -0.0460. The molecule has 4 N–H and O–H groups in total. The number of anilines is 1. The number of Topliss-reactive ketones (excluding diaryl/α,β-unsaturated/α-hetero) is 1. The molecular weight excluding hydrogens is 336 g/mol. The lowest BCUT2D eigenvalue weighted by molar-refractivity contribution is 0.102. The Morgan fingerprint density at radius 3 is 2.79 bits per heavy atom. The van der Waals surface area contributed by atoms with E-state index >= 15 is 0 Å². The van der Waals surface area contributed by atoms with Gasteiger partial charge in [0.05, 0.1) is 18.9 Å². The van der Waals surface area contributed by atoms with Crippen molar-refractivity contribution in [1.29, 1.82) is 0 Å². The van der Waals surface area contributed by atoms with E-state index in [9.17, 15) is 14.4 Å². The highest BCUT2D eigenvalue weighted by atomic mass is 32.2. The van der Waals surface area contributed by atoms with Gasteiger partial charge in [0, 0.05) is 13.5 Å². The quantitative estimate of drug-likeness (QED) is 0.421. The number of ketones is 1. The molecule has 10 nitrogen and oxygen atoms in total. The summed E-state index contributed by atoms with van der Waals surface area (Å²) in [5, 5.41) is 7.10. The number of hydrogen-bond acceptors (Lipinski definition) is 8. The van der Waals surface area contributed by atoms with Crippen LogP contribution in [0.1, 0.15) is 23.1 Å². The van der Waals surface area contributed by atoms with Gasteiger partial charge in [-0.2, -0.15) is 0 Å². The third-order valence-electron chi connectivity index (χ3n) is 3.22. The first-order valence-corrected chi connectivity index (χ1v) is 8.15. The number of nitrogens with zero attached hydrogens (tertiary/aromatic N) is 3. The maximum Gasteiger partial charge on any atom is 0.330 e. The van der Waals surface area contributed by atoms with Gasteiger partial charge in [0.2, 0.25) is 5.16 Å². The van der Waals surface area contributed by atoms with Gasteiger partial charge in [-0.25, -0.2) is 9.78 Å². The summed E-state index contributed by atoms with van der Waals surface area (Å²) < 4.78 is 5.99. The highest BCUT2D eigenvalue weighted by Crippen LogP contribution is 2.15. The first-order chi connectivity index (χ1) is 11.5. The minimum atomic E-state index is -0.805. The molecular formula is C13H18N6O4S. The molecule has 24 heavy (non-hydrogen) atoms. The average molecular weight is 354 g/mol. The molecule has 0 radical (unpaired) electrons. The van der Waals surface area contributed by atoms with E-state index in [2.05, 4.69) is 20.2 Å². The summed E-state index contributed by atoms with van der Waals surface area (Å²) in [6, 6.07) is 0. The van der Waals surface area contributed by atoms with Gasteiger partial charge in [-0.15, -0.1) is 5.10 Å². The van der Waals surface area contributed by atoms with Gasteiger partial charge in [-0.3, -0.25) is 24.2 Å². The third-order valence-corrected chi connectivity index (χ3v) is 4.06. The van der Waals surface area contributed by atoms with Crippen molar-refractivity contribution in [2.45, 2.75) is 25.0 Å². The number of nitrogens with one attached hydrogen (secondary N) is 2. The molecule has 0 saturated carbocycles. The molecule has 0 aliphatic heterocycles. The summed E-state index contributed by atoms with van der Waals surface area (Å²) in [7, 11) is 1.47. The standard InChI is InChI=1S/C13H18N6O4S/c1-3-8-15-12(18-17-8)24-6-7(20)9-10(14)19(4-5-23-2)13(22)16-11(9)21/h3-6,14H2,1-2H3,(H,15,17,18)(H,16,21,22). The zero-order valence-corrected chi connectivity index (χ0v) is 14.1. The molecule has 0 aromatic carbocycles. The highest BCUT2D eigenvalue weighted by molar-refractivity contribution is 7.99. The molecule has 11 heteroatoms. The van der Waals surface area contributed by atoms with Crippen molar-refractivity contribution in [3.8, 4) is 0 Å². The Bertz CT molecular complexity index is 840. The molecule has 0 unspecified atom stereocenters. The van der Waals surface area contributed by atoms with Crippen LogP contribution in [0.4, 0.5) is 5.82 Å². The number of thioether (sulfide) groups is 1. The predicted octanol–water partition coefficient (Wildman–Crippen LogP) is -0.579. The number of aryl methyl sites for hydroxylation is 1. The van der Waals surface area contributed by atoms with Crippen LogP contribution in [0, 0.1) is 0 Å². The molecule has 0 aliphatic carbocycles. The summed E-state index contributed by atoms with van der Waals surface area (Å²) in [4.78, 5) is 42.3. The predicted molar refractivity (Wildman–Crippen MR) is 88.4 cm³/mol. The maximum atomic E-state index is 12.3. The maximum absolute atomic E-state index is 12.3. The van der Waals surface area contributed by atoms with E-state index in [1.54, 1.807) is 0 Å². The smallest absolute Gasteiger partial charge is 0.330 e. The van der Waals surface area contributed by atoms with Crippen molar-refractivity contribution in [1.82, 2.24) is 24.7 Å². The van der Waals surface area contributed by atoms with Gasteiger partial charge in [0.15, 0.2) is 5.78 Å². The normalized spacial score (nSPS) is 10.9. The van der Waals surface area contributed by atoms with Crippen LogP contribution in [0.2, 0.25) is 0 Å². The number of hydrogen-bond donors (Lipinski definition) is 3. The van der Waals surface area contributed by atoms with E-state index in [-0.39, 0.29) is 30.3 Å². The molecule has 2 rings (SSSR count). The summed E-state index contributed by atoms with van der Waals surface area (Å²) in [5.41, 5.74) is 4.11. The average Bonchev–Trinajstić information content (AvgIpc) is 3.00. The lowest BCUT2D eigenvalue weighted by Gasteiger charge is -2.11. The number of nitrogens with two attached hydrogens (primary N) is 1. The van der Waals surface area contributed by atoms with E-state index in [0.717, 1.165) is 16.3 Å². The second kappa shape index (κ2) is 7.93. The number of nitrogen functional groups attached to an aromatic ring is 1. The van der Waals surface area contributed by atoms with E-state index < -0.39 is 17.0 Å². The first-order valence-electron chi connectivity index (χ1n) is 7.16. The molecule has 2 heterocycles. The van der Waals surface area contributed by atoms with Crippen molar-refractivity contribution >= 4 is 23.4 Å². The number of carbonyl (C=O) groups is 1. The second-order valence-electron chi connectivity index (χ2n) is 4.79. The lowest BCUT2D eigenvalue weighted by atomic mass is 10.2. The Morgan fingerprint density at radius 1 is 1.42 bits per heavy atom. The van der Waals surface area contributed by atoms with Crippen molar-refractivity contribution < 1.29 is 9.53 Å². The minimum absolute atomic E-state index is 0.0726. The van der Waals surface area contributed by atoms with Gasteiger partial charge in [-0.1, -0.05) is 18.7 Å². The summed E-state index contributed by atoms with van der Waals surface area (Å²) >= 11 is 1.08. The van der Waals surface area contributed by atoms with Gasteiger partial charge in [0.25, 0.3) is 5.56 Å². The molecule has 2 aromatic rings. The fourth-order valence-corrected chi connectivity index (χ4v) is 2.65. The fourth-order valence-electron chi connectivity index (χ4n) is 1.96. The summed E-state index contributed by atoms with van der Waals surface area (Å²) in [6.45, 7) is 2.27. The number of aromatic amines is 2. The Hall–Kier alpha value is -2.40. The first kappa shape index (κ1) is 17.9. The summed E-state index contributed by atoms with van der Waals surface area (Å²) in [6.07, 6.45) is 0.693. The van der Waals surface area contributed by atoms with Gasteiger partial charge in [-0.05, 0) is 0 Å². The van der Waals surface area contributed by atoms with Crippen LogP contribution in [0.25, 0.3) is 0 Å². The van der Waals surface area contributed by atoms with Crippen LogP contribution >= 0.6 is 11.8 Å². The number of ether oxygens (including phenoxy) is 1. The van der Waals surface area contributed by atoms with Crippen LogP contribution in [0.3, 0.4) is 0 Å². The number of aromatic nitrogens is 5. The van der Waals surface area contributed by atoms with Crippen LogP contribution in [-0.4, -0.2) is 50.0 Å². The molecule has 0 fully saturated rings. The second-order valence-corrected chi connectivity index (χ2v) is 5.74. The van der Waals surface area contributed by atoms with Crippen molar-refractivity contribution in [2.75, 3.05) is 25.2 Å². The highest BCUT2D eigenvalue weighted by Gasteiger charge is 2.20. The van der Waals surface area contributed by atoms with Crippen LogP contribution in [0.15, 0.2) is 14.7 Å². The zero-order chi connectivity index (χ0) is 17.7. The Kier molecular flexibility index (Phi) is 5.93.